The van der Waals surface area contributed by atoms with Gasteiger partial charge in [-0.3, -0.25) is 9.69 Å². The largest absolute Gasteiger partial charge is 0.476 e. The van der Waals surface area contributed by atoms with Crippen molar-refractivity contribution in [1.82, 2.24) is 0 Å². The Balaban J connectivity index is 2.19. The van der Waals surface area contributed by atoms with E-state index in [1.54, 1.807) is 30.1 Å². The number of hydrogen-bond acceptors (Lipinski definition) is 3. The molecule has 0 saturated heterocycles. The molecule has 1 aromatic heterocycles. The number of fused-ring (bicyclic) bond motifs is 1. The third kappa shape index (κ3) is 1.61. The Morgan fingerprint density at radius 2 is 2.00 bits per heavy atom. The predicted octanol–water partition coefficient (Wildman–Crippen LogP) is 3.58. The third-order valence-corrected chi connectivity index (χ3v) is 3.62. The highest BCUT2D eigenvalue weighted by molar-refractivity contribution is 7.08. The molecule has 0 N–H and O–H groups in total. The smallest absolute Gasteiger partial charge is 0.275 e. The van der Waals surface area contributed by atoms with Crippen molar-refractivity contribution in [2.75, 3.05) is 4.90 Å². The van der Waals surface area contributed by atoms with Gasteiger partial charge in [-0.2, -0.15) is 11.3 Å². The fourth-order valence-electron chi connectivity index (χ4n) is 2.07. The van der Waals surface area contributed by atoms with E-state index in [0.717, 1.165) is 17.1 Å². The van der Waals surface area contributed by atoms with Crippen LogP contribution in [0.5, 0.6) is 5.75 Å². The molecule has 1 aliphatic rings. The second-order valence-corrected chi connectivity index (χ2v) is 5.48. The third-order valence-electron chi connectivity index (χ3n) is 2.95. The maximum Gasteiger partial charge on any atom is 0.275 e. The molecule has 3 nitrogen and oxygen atoms in total. The summed E-state index contributed by atoms with van der Waals surface area (Å²) in [6, 6.07) is 9.56. The van der Waals surface area contributed by atoms with E-state index < -0.39 is 5.60 Å². The van der Waals surface area contributed by atoms with Crippen LogP contribution < -0.4 is 9.64 Å². The van der Waals surface area contributed by atoms with E-state index in [2.05, 4.69) is 0 Å². The number of ether oxygens (including phenoxy) is 1. The summed E-state index contributed by atoms with van der Waals surface area (Å²) in [5, 5.41) is 3.93. The van der Waals surface area contributed by atoms with Gasteiger partial charge >= 0.3 is 0 Å². The minimum Gasteiger partial charge on any atom is -0.476 e. The normalized spacial score (nSPS) is 17.2. The second-order valence-electron chi connectivity index (χ2n) is 4.70. The lowest BCUT2D eigenvalue weighted by atomic mass is 10.0. The fourth-order valence-corrected chi connectivity index (χ4v) is 2.69. The Morgan fingerprint density at radius 1 is 1.22 bits per heavy atom. The Bertz CT molecular complexity index is 590. The van der Waals surface area contributed by atoms with Crippen LogP contribution in [0.3, 0.4) is 0 Å². The van der Waals surface area contributed by atoms with E-state index in [-0.39, 0.29) is 5.91 Å². The van der Waals surface area contributed by atoms with Gasteiger partial charge in [0.15, 0.2) is 5.60 Å². The second kappa shape index (κ2) is 3.85. The van der Waals surface area contributed by atoms with Crippen molar-refractivity contribution in [3.8, 4) is 5.75 Å². The quantitative estimate of drug-likeness (QED) is 0.783. The molecule has 2 heterocycles. The topological polar surface area (TPSA) is 29.5 Å². The van der Waals surface area contributed by atoms with Crippen molar-refractivity contribution in [3.05, 3.63) is 41.1 Å². The minimum absolute atomic E-state index is 0.0420. The number of thiophene rings is 1. The highest BCUT2D eigenvalue weighted by Crippen LogP contribution is 2.42. The van der Waals surface area contributed by atoms with Gasteiger partial charge < -0.3 is 4.74 Å². The first kappa shape index (κ1) is 11.3. The van der Waals surface area contributed by atoms with Crippen molar-refractivity contribution >= 4 is 28.6 Å². The van der Waals surface area contributed by atoms with E-state index >= 15 is 0 Å². The standard InChI is InChI=1S/C14H13NO2S/c1-14(2)13(16)15(10-7-8-18-9-10)11-5-3-4-6-12(11)17-14/h3-9H,1-2H3. The van der Waals surface area contributed by atoms with E-state index in [4.69, 9.17) is 4.74 Å². The van der Waals surface area contributed by atoms with Crippen LogP contribution in [-0.4, -0.2) is 11.5 Å². The lowest BCUT2D eigenvalue weighted by Gasteiger charge is -2.38. The summed E-state index contributed by atoms with van der Waals surface area (Å²) in [5.74, 6) is 0.702. The van der Waals surface area contributed by atoms with Crippen molar-refractivity contribution < 1.29 is 9.53 Å². The zero-order valence-corrected chi connectivity index (χ0v) is 11.0. The summed E-state index contributed by atoms with van der Waals surface area (Å²) in [6.07, 6.45) is 0. The molecule has 0 fully saturated rings. The lowest BCUT2D eigenvalue weighted by Crippen LogP contribution is -2.50. The molecule has 1 amide bonds. The van der Waals surface area contributed by atoms with Crippen molar-refractivity contribution in [3.63, 3.8) is 0 Å². The van der Waals surface area contributed by atoms with Crippen LogP contribution in [0.1, 0.15) is 13.8 Å². The van der Waals surface area contributed by atoms with Gasteiger partial charge in [0.1, 0.15) is 5.75 Å². The monoisotopic (exact) mass is 259 g/mol. The van der Waals surface area contributed by atoms with Gasteiger partial charge in [0.25, 0.3) is 5.91 Å². The van der Waals surface area contributed by atoms with Crippen LogP contribution in [0, 0.1) is 0 Å². The van der Waals surface area contributed by atoms with Gasteiger partial charge in [0.05, 0.1) is 11.4 Å². The molecule has 0 bridgehead atoms. The molecule has 18 heavy (non-hydrogen) atoms. The van der Waals surface area contributed by atoms with Crippen LogP contribution in [0.4, 0.5) is 11.4 Å². The first-order valence-corrected chi connectivity index (χ1v) is 6.69. The maximum atomic E-state index is 12.5. The zero-order valence-electron chi connectivity index (χ0n) is 10.2. The molecule has 4 heteroatoms. The number of amides is 1. The summed E-state index contributed by atoms with van der Waals surface area (Å²) in [7, 11) is 0. The van der Waals surface area contributed by atoms with Crippen molar-refractivity contribution in [2.45, 2.75) is 19.4 Å². The van der Waals surface area contributed by atoms with Gasteiger partial charge in [-0.05, 0) is 37.4 Å². The molecule has 0 unspecified atom stereocenters. The number of nitrogens with zero attached hydrogens (tertiary/aromatic N) is 1. The fraction of sp³-hybridized carbons (Fsp3) is 0.214. The summed E-state index contributed by atoms with van der Waals surface area (Å²) < 4.78 is 5.77. The molecular weight excluding hydrogens is 246 g/mol. The summed E-state index contributed by atoms with van der Waals surface area (Å²) in [5.41, 5.74) is 0.866. The Hall–Kier alpha value is -1.81. The van der Waals surface area contributed by atoms with Crippen LogP contribution in [-0.2, 0) is 4.79 Å². The van der Waals surface area contributed by atoms with Gasteiger partial charge in [-0.1, -0.05) is 12.1 Å². The van der Waals surface area contributed by atoms with Crippen LogP contribution in [0.2, 0.25) is 0 Å². The Morgan fingerprint density at radius 3 is 2.72 bits per heavy atom. The molecule has 3 rings (SSSR count). The van der Waals surface area contributed by atoms with Gasteiger partial charge in [0, 0.05) is 5.38 Å². The predicted molar refractivity (Wildman–Crippen MR) is 72.6 cm³/mol. The number of carbonyl (C=O) groups is 1. The molecule has 92 valence electrons. The summed E-state index contributed by atoms with van der Waals surface area (Å²) in [6.45, 7) is 3.59. The van der Waals surface area contributed by atoms with E-state index in [1.807, 2.05) is 41.1 Å². The number of hydrogen-bond donors (Lipinski definition) is 0. The zero-order chi connectivity index (χ0) is 12.8. The van der Waals surface area contributed by atoms with Gasteiger partial charge in [-0.25, -0.2) is 0 Å². The number of anilines is 2. The van der Waals surface area contributed by atoms with Crippen LogP contribution in [0.15, 0.2) is 41.1 Å². The molecule has 0 spiro atoms. The molecule has 1 aromatic carbocycles. The van der Waals surface area contributed by atoms with Crippen molar-refractivity contribution in [2.24, 2.45) is 0 Å². The first-order valence-electron chi connectivity index (χ1n) is 5.74. The number of rotatable bonds is 1. The Kier molecular flexibility index (Phi) is 2.41. The van der Waals surface area contributed by atoms with Gasteiger partial charge in [0.2, 0.25) is 0 Å². The Labute approximate surface area is 110 Å². The van der Waals surface area contributed by atoms with E-state index in [1.165, 1.54) is 0 Å². The highest BCUT2D eigenvalue weighted by Gasteiger charge is 2.41. The molecule has 0 radical (unpaired) electrons. The van der Waals surface area contributed by atoms with Gasteiger partial charge in [-0.15, -0.1) is 0 Å². The molecule has 0 aliphatic carbocycles. The first-order chi connectivity index (χ1) is 8.59. The number of carbonyl (C=O) groups excluding carboxylic acids is 1. The average Bonchev–Trinajstić information content (AvgIpc) is 2.84. The average molecular weight is 259 g/mol. The molecule has 0 atom stereocenters. The summed E-state index contributed by atoms with van der Waals surface area (Å²) in [4.78, 5) is 14.2. The van der Waals surface area contributed by atoms with Crippen LogP contribution in [0.25, 0.3) is 0 Å². The van der Waals surface area contributed by atoms with E-state index in [0.29, 0.717) is 0 Å². The van der Waals surface area contributed by atoms with E-state index in [9.17, 15) is 4.79 Å². The minimum atomic E-state index is -0.837. The molecule has 0 saturated carbocycles. The number of para-hydroxylation sites is 2. The van der Waals surface area contributed by atoms with Crippen molar-refractivity contribution in [1.29, 1.82) is 0 Å². The molecule has 2 aromatic rings. The van der Waals surface area contributed by atoms with Crippen LogP contribution >= 0.6 is 11.3 Å². The maximum absolute atomic E-state index is 12.5. The molecular formula is C14H13NO2S. The molecule has 1 aliphatic heterocycles. The lowest BCUT2D eigenvalue weighted by molar-refractivity contribution is -0.131. The highest BCUT2D eigenvalue weighted by atomic mass is 32.1. The number of benzene rings is 1. The summed E-state index contributed by atoms with van der Waals surface area (Å²) >= 11 is 1.58. The SMILES string of the molecule is CC1(C)Oc2ccccc2N(c2ccsc2)C1=O.